The Balaban J connectivity index is 2.45. The van der Waals surface area contributed by atoms with Crippen molar-refractivity contribution in [3.8, 4) is 0 Å². The zero-order valence-electron chi connectivity index (χ0n) is 10.9. The van der Waals surface area contributed by atoms with Gasteiger partial charge in [-0.1, -0.05) is 22.9 Å². The smallest absolute Gasteiger partial charge is 0.319 e. The van der Waals surface area contributed by atoms with Gasteiger partial charge in [0.15, 0.2) is 0 Å². The van der Waals surface area contributed by atoms with Crippen molar-refractivity contribution in [3.63, 3.8) is 0 Å². The first kappa shape index (κ1) is 15.9. The number of nitrogens with one attached hydrogen (secondary N) is 2. The van der Waals surface area contributed by atoms with Gasteiger partial charge in [-0.05, 0) is 37.5 Å². The number of hydrogen-bond acceptors (Lipinski definition) is 2. The molecule has 0 aliphatic carbocycles. The average Bonchev–Trinajstić information content (AvgIpc) is 2.30. The summed E-state index contributed by atoms with van der Waals surface area (Å²) >= 11 is 3.21. The fourth-order valence-corrected chi connectivity index (χ4v) is 2.05. The predicted octanol–water partition coefficient (Wildman–Crippen LogP) is 3.12. The summed E-state index contributed by atoms with van der Waals surface area (Å²) in [5.74, 6) is -0.339. The fourth-order valence-electron chi connectivity index (χ4n) is 1.69. The molecule has 0 radical (unpaired) electrons. The van der Waals surface area contributed by atoms with Crippen LogP contribution in [0.2, 0.25) is 0 Å². The summed E-state index contributed by atoms with van der Waals surface area (Å²) < 4.78 is 14.1. The highest BCUT2D eigenvalue weighted by Gasteiger charge is 2.10. The lowest BCUT2D eigenvalue weighted by Crippen LogP contribution is -2.33. The molecule has 3 N–H and O–H groups in total. The molecular weight excluding hydrogens is 315 g/mol. The highest BCUT2D eigenvalue weighted by molar-refractivity contribution is 9.10. The summed E-state index contributed by atoms with van der Waals surface area (Å²) in [6.45, 7) is 4.05. The third-order valence-corrected chi connectivity index (χ3v) is 3.02. The van der Waals surface area contributed by atoms with E-state index in [-0.39, 0.29) is 11.6 Å². The zero-order chi connectivity index (χ0) is 14.4. The standard InChI is InChI=1S/C13H18BrFN2O2/c1-8(5-9(2)18)7-16-13(19)17-12-6-10(14)3-4-11(12)15/h3-4,6,8-9,18H,5,7H2,1-2H3,(H2,16,17,19). The van der Waals surface area contributed by atoms with Crippen LogP contribution in [0, 0.1) is 11.7 Å². The molecule has 0 aliphatic heterocycles. The van der Waals surface area contributed by atoms with Crippen LogP contribution in [0.25, 0.3) is 0 Å². The van der Waals surface area contributed by atoms with Crippen LogP contribution in [0.5, 0.6) is 0 Å². The van der Waals surface area contributed by atoms with Crippen LogP contribution < -0.4 is 10.6 Å². The molecule has 0 spiro atoms. The second-order valence-electron chi connectivity index (χ2n) is 4.65. The molecule has 1 rings (SSSR count). The number of benzene rings is 1. The number of anilines is 1. The second kappa shape index (κ2) is 7.45. The van der Waals surface area contributed by atoms with Crippen molar-refractivity contribution in [2.45, 2.75) is 26.4 Å². The Bertz CT molecular complexity index is 441. The Morgan fingerprint density at radius 1 is 1.47 bits per heavy atom. The van der Waals surface area contributed by atoms with Crippen LogP contribution in [0.3, 0.4) is 0 Å². The number of aliphatic hydroxyl groups excluding tert-OH is 1. The summed E-state index contributed by atoms with van der Waals surface area (Å²) in [5.41, 5.74) is 0.120. The molecule has 4 nitrogen and oxygen atoms in total. The van der Waals surface area contributed by atoms with Gasteiger partial charge in [-0.15, -0.1) is 0 Å². The predicted molar refractivity (Wildman–Crippen MR) is 76.6 cm³/mol. The monoisotopic (exact) mass is 332 g/mol. The van der Waals surface area contributed by atoms with Crippen molar-refractivity contribution in [2.24, 2.45) is 5.92 Å². The van der Waals surface area contributed by atoms with E-state index in [4.69, 9.17) is 0 Å². The van der Waals surface area contributed by atoms with Gasteiger partial charge < -0.3 is 15.7 Å². The molecule has 0 heterocycles. The minimum Gasteiger partial charge on any atom is -0.393 e. The maximum absolute atomic E-state index is 13.4. The molecule has 2 atom stereocenters. The SMILES string of the molecule is CC(O)CC(C)CNC(=O)Nc1cc(Br)ccc1F. The first-order valence-corrected chi connectivity index (χ1v) is 6.85. The van der Waals surface area contributed by atoms with Gasteiger partial charge in [-0.3, -0.25) is 0 Å². The molecular formula is C13H18BrFN2O2. The van der Waals surface area contributed by atoms with Gasteiger partial charge in [0.25, 0.3) is 0 Å². The minimum absolute atomic E-state index is 0.120. The number of amides is 2. The summed E-state index contributed by atoms with van der Waals surface area (Å²) in [6.07, 6.45) is 0.202. The second-order valence-corrected chi connectivity index (χ2v) is 5.56. The Hall–Kier alpha value is -1.14. The van der Waals surface area contributed by atoms with Crippen molar-refractivity contribution in [2.75, 3.05) is 11.9 Å². The van der Waals surface area contributed by atoms with Crippen LogP contribution in [0.15, 0.2) is 22.7 Å². The van der Waals surface area contributed by atoms with E-state index in [0.717, 1.165) is 0 Å². The van der Waals surface area contributed by atoms with Crippen LogP contribution in [0.1, 0.15) is 20.3 Å². The molecule has 0 saturated heterocycles. The molecule has 6 heteroatoms. The van der Waals surface area contributed by atoms with Gasteiger partial charge in [-0.2, -0.15) is 0 Å². The lowest BCUT2D eigenvalue weighted by atomic mass is 10.1. The first-order valence-electron chi connectivity index (χ1n) is 6.06. The van der Waals surface area contributed by atoms with Gasteiger partial charge in [0.1, 0.15) is 5.82 Å². The Morgan fingerprint density at radius 2 is 2.16 bits per heavy atom. The quantitative estimate of drug-likeness (QED) is 0.775. The van der Waals surface area contributed by atoms with Crippen LogP contribution in [-0.2, 0) is 0 Å². The van der Waals surface area contributed by atoms with E-state index >= 15 is 0 Å². The largest absolute Gasteiger partial charge is 0.393 e. The van der Waals surface area contributed by atoms with Crippen molar-refractivity contribution >= 4 is 27.6 Å². The Morgan fingerprint density at radius 3 is 2.79 bits per heavy atom. The van der Waals surface area contributed by atoms with E-state index < -0.39 is 18.0 Å². The lowest BCUT2D eigenvalue weighted by Gasteiger charge is -2.15. The summed E-state index contributed by atoms with van der Waals surface area (Å²) in [7, 11) is 0. The van der Waals surface area contributed by atoms with Gasteiger partial charge in [0.2, 0.25) is 0 Å². The van der Waals surface area contributed by atoms with Gasteiger partial charge in [0.05, 0.1) is 11.8 Å². The van der Waals surface area contributed by atoms with Crippen LogP contribution in [0.4, 0.5) is 14.9 Å². The third kappa shape index (κ3) is 6.02. The molecule has 0 aromatic heterocycles. The number of hydrogen-bond donors (Lipinski definition) is 3. The highest BCUT2D eigenvalue weighted by atomic mass is 79.9. The number of carbonyl (C=O) groups is 1. The van der Waals surface area contributed by atoms with Crippen molar-refractivity contribution < 1.29 is 14.3 Å². The molecule has 1 aromatic carbocycles. The molecule has 1 aromatic rings. The third-order valence-electron chi connectivity index (χ3n) is 2.53. The van der Waals surface area contributed by atoms with E-state index in [0.29, 0.717) is 17.4 Å². The van der Waals surface area contributed by atoms with Gasteiger partial charge >= 0.3 is 6.03 Å². The number of urea groups is 1. The molecule has 0 saturated carbocycles. The van der Waals surface area contributed by atoms with E-state index in [1.165, 1.54) is 12.1 Å². The summed E-state index contributed by atoms with van der Waals surface area (Å²) in [4.78, 5) is 11.6. The van der Waals surface area contributed by atoms with Gasteiger partial charge in [0, 0.05) is 11.0 Å². The number of aliphatic hydroxyl groups is 1. The van der Waals surface area contributed by atoms with E-state index in [1.54, 1.807) is 13.0 Å². The van der Waals surface area contributed by atoms with E-state index in [2.05, 4.69) is 26.6 Å². The normalized spacial score (nSPS) is 13.7. The van der Waals surface area contributed by atoms with Crippen LogP contribution >= 0.6 is 15.9 Å². The van der Waals surface area contributed by atoms with E-state index in [9.17, 15) is 14.3 Å². The Labute approximate surface area is 120 Å². The minimum atomic E-state index is -0.490. The number of carbonyl (C=O) groups excluding carboxylic acids is 1. The van der Waals surface area contributed by atoms with Crippen LogP contribution in [-0.4, -0.2) is 23.8 Å². The summed E-state index contributed by atoms with van der Waals surface area (Å²) in [5, 5.41) is 14.3. The van der Waals surface area contributed by atoms with Crippen molar-refractivity contribution in [3.05, 3.63) is 28.5 Å². The molecule has 19 heavy (non-hydrogen) atoms. The molecule has 0 bridgehead atoms. The molecule has 106 valence electrons. The van der Waals surface area contributed by atoms with E-state index in [1.807, 2.05) is 6.92 Å². The van der Waals surface area contributed by atoms with Crippen molar-refractivity contribution in [1.29, 1.82) is 0 Å². The fraction of sp³-hybridized carbons (Fsp3) is 0.462. The summed E-state index contributed by atoms with van der Waals surface area (Å²) in [6, 6.07) is 3.86. The number of rotatable bonds is 5. The molecule has 0 fully saturated rings. The first-order chi connectivity index (χ1) is 8.88. The number of halogens is 2. The van der Waals surface area contributed by atoms with Crippen molar-refractivity contribution in [1.82, 2.24) is 5.32 Å². The maximum atomic E-state index is 13.4. The van der Waals surface area contributed by atoms with Gasteiger partial charge in [-0.25, -0.2) is 9.18 Å². The zero-order valence-corrected chi connectivity index (χ0v) is 12.5. The maximum Gasteiger partial charge on any atom is 0.319 e. The highest BCUT2D eigenvalue weighted by Crippen LogP contribution is 2.19. The molecule has 2 amide bonds. The molecule has 0 aliphatic rings. The Kier molecular flexibility index (Phi) is 6.24. The molecule has 2 unspecified atom stereocenters. The average molecular weight is 333 g/mol. The lowest BCUT2D eigenvalue weighted by molar-refractivity contribution is 0.163. The topological polar surface area (TPSA) is 61.4 Å².